The Labute approximate surface area is 107 Å². The lowest BCUT2D eigenvalue weighted by Crippen LogP contribution is -2.05. The topological polar surface area (TPSA) is 26.3 Å². The number of ether oxygens (including phenoxy) is 1. The number of para-hydroxylation sites is 1. The van der Waals surface area contributed by atoms with E-state index in [4.69, 9.17) is 4.74 Å². The van der Waals surface area contributed by atoms with E-state index in [0.29, 0.717) is 17.7 Å². The van der Waals surface area contributed by atoms with E-state index in [1.165, 1.54) is 5.56 Å². The second kappa shape index (κ2) is 5.50. The van der Waals surface area contributed by atoms with Crippen LogP contribution in [0.5, 0.6) is 5.75 Å². The van der Waals surface area contributed by atoms with E-state index in [1.54, 1.807) is 13.2 Å². The van der Waals surface area contributed by atoms with Gasteiger partial charge in [-0.25, -0.2) is 0 Å². The van der Waals surface area contributed by atoms with Gasteiger partial charge in [0.15, 0.2) is 5.78 Å². The number of carbonyl (C=O) groups is 1. The van der Waals surface area contributed by atoms with Gasteiger partial charge in [0.2, 0.25) is 0 Å². The van der Waals surface area contributed by atoms with Gasteiger partial charge in [0.05, 0.1) is 12.7 Å². The van der Waals surface area contributed by atoms with Crippen molar-refractivity contribution in [1.29, 1.82) is 0 Å². The number of methoxy groups -OCH3 is 1. The molecule has 0 aliphatic heterocycles. The van der Waals surface area contributed by atoms with Crippen LogP contribution in [0.4, 0.5) is 0 Å². The maximum Gasteiger partial charge on any atom is 0.170 e. The summed E-state index contributed by atoms with van der Waals surface area (Å²) in [6.45, 7) is 2.03. The Balaban J connectivity index is 2.19. The second-order valence-electron chi connectivity index (χ2n) is 4.29. The number of aryl methyl sites for hydroxylation is 1. The first-order chi connectivity index (χ1) is 8.70. The molecular weight excluding hydrogens is 224 g/mol. The standard InChI is InChI=1S/C16H16O2/c1-12-7-9-13(10-8-12)11-15(17)14-5-3-4-6-16(14)18-2/h3-10H,11H2,1-2H3. The lowest BCUT2D eigenvalue weighted by molar-refractivity contribution is 0.0990. The molecule has 92 valence electrons. The van der Waals surface area contributed by atoms with E-state index < -0.39 is 0 Å². The Morgan fingerprint density at radius 3 is 2.39 bits per heavy atom. The van der Waals surface area contributed by atoms with Crippen molar-refractivity contribution >= 4 is 5.78 Å². The summed E-state index contributed by atoms with van der Waals surface area (Å²) in [7, 11) is 1.58. The number of Topliss-reactive ketones (excluding diaryl/α,β-unsaturated/α-hetero) is 1. The third-order valence-corrected chi connectivity index (χ3v) is 2.89. The van der Waals surface area contributed by atoms with Crippen LogP contribution in [0, 0.1) is 6.92 Å². The Bertz CT molecular complexity index is 541. The number of rotatable bonds is 4. The van der Waals surface area contributed by atoms with Crippen LogP contribution in [0.3, 0.4) is 0 Å². The van der Waals surface area contributed by atoms with Crippen molar-refractivity contribution in [1.82, 2.24) is 0 Å². The summed E-state index contributed by atoms with van der Waals surface area (Å²) >= 11 is 0. The molecule has 0 atom stereocenters. The van der Waals surface area contributed by atoms with E-state index in [1.807, 2.05) is 49.4 Å². The Morgan fingerprint density at radius 1 is 1.06 bits per heavy atom. The van der Waals surface area contributed by atoms with E-state index in [2.05, 4.69) is 0 Å². The number of hydrogen-bond acceptors (Lipinski definition) is 2. The predicted molar refractivity (Wildman–Crippen MR) is 72.2 cm³/mol. The molecule has 0 unspecified atom stereocenters. The zero-order valence-corrected chi connectivity index (χ0v) is 10.6. The summed E-state index contributed by atoms with van der Waals surface area (Å²) in [6, 6.07) is 15.3. The maximum atomic E-state index is 12.2. The van der Waals surface area contributed by atoms with Crippen molar-refractivity contribution < 1.29 is 9.53 Å². The van der Waals surface area contributed by atoms with Crippen LogP contribution in [0.15, 0.2) is 48.5 Å². The van der Waals surface area contributed by atoms with Crippen LogP contribution < -0.4 is 4.74 Å². The van der Waals surface area contributed by atoms with Gasteiger partial charge in [-0.2, -0.15) is 0 Å². The molecule has 0 bridgehead atoms. The summed E-state index contributed by atoms with van der Waals surface area (Å²) < 4.78 is 5.20. The van der Waals surface area contributed by atoms with Crippen LogP contribution in [0.1, 0.15) is 21.5 Å². The molecule has 0 amide bonds. The van der Waals surface area contributed by atoms with E-state index in [0.717, 1.165) is 5.56 Å². The highest BCUT2D eigenvalue weighted by Gasteiger charge is 2.11. The lowest BCUT2D eigenvalue weighted by Gasteiger charge is -2.07. The summed E-state index contributed by atoms with van der Waals surface area (Å²) in [5.41, 5.74) is 2.86. The number of hydrogen-bond donors (Lipinski definition) is 0. The van der Waals surface area contributed by atoms with Crippen LogP contribution in [0.2, 0.25) is 0 Å². The van der Waals surface area contributed by atoms with Gasteiger partial charge in [0.25, 0.3) is 0 Å². The van der Waals surface area contributed by atoms with Gasteiger partial charge in [0, 0.05) is 6.42 Å². The Morgan fingerprint density at radius 2 is 1.72 bits per heavy atom. The summed E-state index contributed by atoms with van der Waals surface area (Å²) in [5, 5.41) is 0. The van der Waals surface area contributed by atoms with Crippen molar-refractivity contribution in [3.8, 4) is 5.75 Å². The monoisotopic (exact) mass is 240 g/mol. The molecule has 0 aliphatic carbocycles. The molecular formula is C16H16O2. The number of ketones is 1. The Hall–Kier alpha value is -2.09. The largest absolute Gasteiger partial charge is 0.496 e. The minimum Gasteiger partial charge on any atom is -0.496 e. The summed E-state index contributed by atoms with van der Waals surface area (Å²) in [5.74, 6) is 0.714. The predicted octanol–water partition coefficient (Wildman–Crippen LogP) is 3.43. The average molecular weight is 240 g/mol. The van der Waals surface area contributed by atoms with Gasteiger partial charge in [-0.15, -0.1) is 0 Å². The molecule has 18 heavy (non-hydrogen) atoms. The first kappa shape index (κ1) is 12.4. The minimum absolute atomic E-state index is 0.0799. The van der Waals surface area contributed by atoms with Gasteiger partial charge in [0.1, 0.15) is 5.75 Å². The molecule has 2 heteroatoms. The third-order valence-electron chi connectivity index (χ3n) is 2.89. The smallest absolute Gasteiger partial charge is 0.170 e. The van der Waals surface area contributed by atoms with Crippen LogP contribution in [-0.4, -0.2) is 12.9 Å². The van der Waals surface area contributed by atoms with Crippen molar-refractivity contribution in [2.24, 2.45) is 0 Å². The molecule has 2 aromatic carbocycles. The second-order valence-corrected chi connectivity index (χ2v) is 4.29. The Kier molecular flexibility index (Phi) is 3.78. The molecule has 0 saturated heterocycles. The average Bonchev–Trinajstić information content (AvgIpc) is 2.41. The van der Waals surface area contributed by atoms with E-state index >= 15 is 0 Å². The molecule has 2 nitrogen and oxygen atoms in total. The third kappa shape index (κ3) is 2.77. The fourth-order valence-electron chi connectivity index (χ4n) is 1.86. The molecule has 0 N–H and O–H groups in total. The lowest BCUT2D eigenvalue weighted by atomic mass is 10.0. The summed E-state index contributed by atoms with van der Waals surface area (Å²) in [4.78, 5) is 12.2. The van der Waals surface area contributed by atoms with Crippen molar-refractivity contribution in [3.63, 3.8) is 0 Å². The highest BCUT2D eigenvalue weighted by molar-refractivity contribution is 5.99. The molecule has 0 heterocycles. The molecule has 0 fully saturated rings. The normalized spacial score (nSPS) is 10.1. The quantitative estimate of drug-likeness (QED) is 0.765. The highest BCUT2D eigenvalue weighted by atomic mass is 16.5. The zero-order chi connectivity index (χ0) is 13.0. The molecule has 0 radical (unpaired) electrons. The molecule has 2 aromatic rings. The fraction of sp³-hybridized carbons (Fsp3) is 0.188. The van der Waals surface area contributed by atoms with Crippen LogP contribution in [0.25, 0.3) is 0 Å². The number of carbonyl (C=O) groups excluding carboxylic acids is 1. The van der Waals surface area contributed by atoms with Crippen molar-refractivity contribution in [2.75, 3.05) is 7.11 Å². The van der Waals surface area contributed by atoms with E-state index in [9.17, 15) is 4.79 Å². The van der Waals surface area contributed by atoms with Gasteiger partial charge in [-0.05, 0) is 24.6 Å². The highest BCUT2D eigenvalue weighted by Crippen LogP contribution is 2.19. The van der Waals surface area contributed by atoms with Gasteiger partial charge < -0.3 is 4.74 Å². The van der Waals surface area contributed by atoms with Crippen molar-refractivity contribution in [2.45, 2.75) is 13.3 Å². The molecule has 2 rings (SSSR count). The van der Waals surface area contributed by atoms with Gasteiger partial charge >= 0.3 is 0 Å². The zero-order valence-electron chi connectivity index (χ0n) is 10.6. The molecule has 0 aliphatic rings. The molecule has 0 saturated carbocycles. The first-order valence-corrected chi connectivity index (χ1v) is 5.92. The van der Waals surface area contributed by atoms with E-state index in [-0.39, 0.29) is 5.78 Å². The molecule has 0 aromatic heterocycles. The summed E-state index contributed by atoms with van der Waals surface area (Å²) in [6.07, 6.45) is 0.403. The van der Waals surface area contributed by atoms with Crippen LogP contribution in [-0.2, 0) is 6.42 Å². The van der Waals surface area contributed by atoms with Crippen molar-refractivity contribution in [3.05, 3.63) is 65.2 Å². The number of benzene rings is 2. The van der Waals surface area contributed by atoms with Crippen LogP contribution >= 0.6 is 0 Å². The first-order valence-electron chi connectivity index (χ1n) is 5.92. The fourth-order valence-corrected chi connectivity index (χ4v) is 1.86. The minimum atomic E-state index is 0.0799. The SMILES string of the molecule is COc1ccccc1C(=O)Cc1ccc(C)cc1. The van der Waals surface area contributed by atoms with Gasteiger partial charge in [-0.1, -0.05) is 42.0 Å². The van der Waals surface area contributed by atoms with Gasteiger partial charge in [-0.3, -0.25) is 4.79 Å². The maximum absolute atomic E-state index is 12.2. The molecule has 0 spiro atoms.